The highest BCUT2D eigenvalue weighted by Gasteiger charge is 2.16. The topological polar surface area (TPSA) is 78.0 Å². The molecule has 0 atom stereocenters. The molecule has 2 heterocycles. The van der Waals surface area contributed by atoms with E-state index in [-0.39, 0.29) is 0 Å². The highest BCUT2D eigenvalue weighted by molar-refractivity contribution is 5.66. The SMILES string of the molecule is COc1cc(Nc2nc(C)cc(N3CCOCC3)n2)cc(OC)c1OC. The summed E-state index contributed by atoms with van der Waals surface area (Å²) < 4.78 is 21.5. The van der Waals surface area contributed by atoms with E-state index in [1.807, 2.05) is 25.1 Å². The summed E-state index contributed by atoms with van der Waals surface area (Å²) in [5.41, 5.74) is 1.63. The highest BCUT2D eigenvalue weighted by Crippen LogP contribution is 2.40. The first-order valence-corrected chi connectivity index (χ1v) is 8.40. The fourth-order valence-corrected chi connectivity index (χ4v) is 2.84. The van der Waals surface area contributed by atoms with Crippen LogP contribution in [0.3, 0.4) is 0 Å². The molecule has 1 aliphatic heterocycles. The zero-order valence-electron chi connectivity index (χ0n) is 15.5. The molecular weight excluding hydrogens is 336 g/mol. The third-order valence-corrected chi connectivity index (χ3v) is 4.10. The molecule has 1 N–H and O–H groups in total. The van der Waals surface area contributed by atoms with E-state index in [1.165, 1.54) is 0 Å². The molecule has 1 fully saturated rings. The molecular formula is C18H24N4O4. The molecule has 0 bridgehead atoms. The van der Waals surface area contributed by atoms with Gasteiger partial charge in [-0.15, -0.1) is 0 Å². The number of morpholine rings is 1. The van der Waals surface area contributed by atoms with Gasteiger partial charge in [0.15, 0.2) is 11.5 Å². The van der Waals surface area contributed by atoms with Crippen LogP contribution < -0.4 is 24.4 Å². The van der Waals surface area contributed by atoms with Crippen molar-refractivity contribution in [3.05, 3.63) is 23.9 Å². The number of ether oxygens (including phenoxy) is 4. The van der Waals surface area contributed by atoms with E-state index in [1.54, 1.807) is 21.3 Å². The van der Waals surface area contributed by atoms with Crippen molar-refractivity contribution in [2.75, 3.05) is 57.8 Å². The Balaban J connectivity index is 1.89. The highest BCUT2D eigenvalue weighted by atomic mass is 16.5. The molecule has 1 saturated heterocycles. The van der Waals surface area contributed by atoms with Gasteiger partial charge in [-0.05, 0) is 6.92 Å². The quantitative estimate of drug-likeness (QED) is 0.841. The van der Waals surface area contributed by atoms with Crippen LogP contribution in [0, 0.1) is 6.92 Å². The third-order valence-electron chi connectivity index (χ3n) is 4.10. The monoisotopic (exact) mass is 360 g/mol. The Morgan fingerprint density at radius 1 is 0.962 bits per heavy atom. The number of aromatic nitrogens is 2. The van der Waals surface area contributed by atoms with Crippen LogP contribution in [-0.2, 0) is 4.74 Å². The van der Waals surface area contributed by atoms with Gasteiger partial charge >= 0.3 is 0 Å². The largest absolute Gasteiger partial charge is 0.493 e. The predicted octanol–water partition coefficient (Wildman–Crippen LogP) is 2.39. The number of nitrogens with one attached hydrogen (secondary N) is 1. The summed E-state index contributed by atoms with van der Waals surface area (Å²) in [6.07, 6.45) is 0. The summed E-state index contributed by atoms with van der Waals surface area (Å²) in [6, 6.07) is 5.62. The van der Waals surface area contributed by atoms with Gasteiger partial charge in [0, 0.05) is 42.7 Å². The van der Waals surface area contributed by atoms with Crippen molar-refractivity contribution in [3.63, 3.8) is 0 Å². The van der Waals surface area contributed by atoms with Gasteiger partial charge in [0.05, 0.1) is 34.5 Å². The van der Waals surface area contributed by atoms with Crippen LogP contribution in [0.4, 0.5) is 17.5 Å². The minimum atomic E-state index is 0.515. The molecule has 0 unspecified atom stereocenters. The second-order valence-electron chi connectivity index (χ2n) is 5.83. The zero-order chi connectivity index (χ0) is 18.5. The average Bonchev–Trinajstić information content (AvgIpc) is 2.67. The second-order valence-corrected chi connectivity index (χ2v) is 5.83. The van der Waals surface area contributed by atoms with E-state index >= 15 is 0 Å². The van der Waals surface area contributed by atoms with Gasteiger partial charge in [-0.1, -0.05) is 0 Å². The van der Waals surface area contributed by atoms with Gasteiger partial charge in [0.25, 0.3) is 0 Å². The minimum Gasteiger partial charge on any atom is -0.493 e. The van der Waals surface area contributed by atoms with Crippen molar-refractivity contribution in [1.29, 1.82) is 0 Å². The Labute approximate surface area is 153 Å². The van der Waals surface area contributed by atoms with E-state index < -0.39 is 0 Å². The number of anilines is 3. The molecule has 0 aliphatic carbocycles. The van der Waals surface area contributed by atoms with Gasteiger partial charge in [0.2, 0.25) is 11.7 Å². The van der Waals surface area contributed by atoms with Crippen LogP contribution in [0.2, 0.25) is 0 Å². The molecule has 1 aromatic carbocycles. The molecule has 0 spiro atoms. The Bertz CT molecular complexity index is 738. The maximum atomic E-state index is 5.41. The molecule has 1 aliphatic rings. The normalized spacial score (nSPS) is 14.1. The first-order valence-electron chi connectivity index (χ1n) is 8.40. The van der Waals surface area contributed by atoms with Crippen LogP contribution in [0.1, 0.15) is 5.69 Å². The van der Waals surface area contributed by atoms with Crippen molar-refractivity contribution in [3.8, 4) is 17.2 Å². The molecule has 8 heteroatoms. The lowest BCUT2D eigenvalue weighted by atomic mass is 10.2. The average molecular weight is 360 g/mol. The maximum absolute atomic E-state index is 5.41. The Morgan fingerprint density at radius 3 is 2.19 bits per heavy atom. The van der Waals surface area contributed by atoms with Gasteiger partial charge < -0.3 is 29.2 Å². The van der Waals surface area contributed by atoms with E-state index in [9.17, 15) is 0 Å². The number of nitrogens with zero attached hydrogens (tertiary/aromatic N) is 3. The first-order chi connectivity index (χ1) is 12.6. The molecule has 1 aromatic heterocycles. The molecule has 0 saturated carbocycles. The first kappa shape index (κ1) is 18.1. The van der Waals surface area contributed by atoms with Crippen molar-refractivity contribution >= 4 is 17.5 Å². The fourth-order valence-electron chi connectivity index (χ4n) is 2.84. The number of methoxy groups -OCH3 is 3. The summed E-state index contributed by atoms with van der Waals surface area (Å²) in [5.74, 6) is 3.07. The van der Waals surface area contributed by atoms with Crippen LogP contribution in [-0.4, -0.2) is 57.6 Å². The van der Waals surface area contributed by atoms with E-state index in [4.69, 9.17) is 18.9 Å². The Kier molecular flexibility index (Phi) is 5.62. The van der Waals surface area contributed by atoms with Gasteiger partial charge in [-0.3, -0.25) is 0 Å². The Hall–Kier alpha value is -2.74. The second kappa shape index (κ2) is 8.09. The van der Waals surface area contributed by atoms with E-state index in [2.05, 4.69) is 20.2 Å². The number of benzene rings is 1. The summed E-state index contributed by atoms with van der Waals surface area (Å²) >= 11 is 0. The zero-order valence-corrected chi connectivity index (χ0v) is 15.5. The molecule has 3 rings (SSSR count). The molecule has 2 aromatic rings. The maximum Gasteiger partial charge on any atom is 0.229 e. The van der Waals surface area contributed by atoms with Gasteiger partial charge in [-0.2, -0.15) is 4.98 Å². The van der Waals surface area contributed by atoms with Crippen LogP contribution in [0.15, 0.2) is 18.2 Å². The number of rotatable bonds is 6. The van der Waals surface area contributed by atoms with Crippen molar-refractivity contribution in [1.82, 2.24) is 9.97 Å². The van der Waals surface area contributed by atoms with E-state index in [0.29, 0.717) is 36.4 Å². The van der Waals surface area contributed by atoms with Gasteiger partial charge in [0.1, 0.15) is 5.82 Å². The number of aryl methyl sites for hydroxylation is 1. The smallest absolute Gasteiger partial charge is 0.229 e. The fraction of sp³-hybridized carbons (Fsp3) is 0.444. The molecule has 140 valence electrons. The molecule has 0 radical (unpaired) electrons. The third kappa shape index (κ3) is 3.91. The predicted molar refractivity (Wildman–Crippen MR) is 99.2 cm³/mol. The van der Waals surface area contributed by atoms with Gasteiger partial charge in [-0.25, -0.2) is 4.98 Å². The van der Waals surface area contributed by atoms with Crippen LogP contribution in [0.5, 0.6) is 17.2 Å². The number of hydrogen-bond donors (Lipinski definition) is 1. The lowest BCUT2D eigenvalue weighted by Gasteiger charge is -2.28. The number of hydrogen-bond acceptors (Lipinski definition) is 8. The van der Waals surface area contributed by atoms with E-state index in [0.717, 1.165) is 30.3 Å². The summed E-state index contributed by atoms with van der Waals surface area (Å²) in [7, 11) is 4.74. The standard InChI is InChI=1S/C18H24N4O4/c1-12-9-16(22-5-7-26-8-6-22)21-18(19-12)20-13-10-14(23-2)17(25-4)15(11-13)24-3/h9-11H,5-8H2,1-4H3,(H,19,20,21). The summed E-state index contributed by atoms with van der Waals surface area (Å²) in [5, 5.41) is 3.23. The van der Waals surface area contributed by atoms with Crippen LogP contribution in [0.25, 0.3) is 0 Å². The van der Waals surface area contributed by atoms with Crippen molar-refractivity contribution in [2.24, 2.45) is 0 Å². The van der Waals surface area contributed by atoms with Crippen LogP contribution >= 0.6 is 0 Å². The summed E-state index contributed by atoms with van der Waals surface area (Å²) in [6.45, 7) is 5.00. The molecule has 0 amide bonds. The lowest BCUT2D eigenvalue weighted by molar-refractivity contribution is 0.122. The summed E-state index contributed by atoms with van der Waals surface area (Å²) in [4.78, 5) is 11.3. The Morgan fingerprint density at radius 2 is 1.62 bits per heavy atom. The lowest BCUT2D eigenvalue weighted by Crippen LogP contribution is -2.36. The van der Waals surface area contributed by atoms with Crippen molar-refractivity contribution in [2.45, 2.75) is 6.92 Å². The molecule has 8 nitrogen and oxygen atoms in total. The van der Waals surface area contributed by atoms with Crippen molar-refractivity contribution < 1.29 is 18.9 Å². The minimum absolute atomic E-state index is 0.515. The molecule has 26 heavy (non-hydrogen) atoms.